The van der Waals surface area contributed by atoms with Crippen molar-refractivity contribution in [2.45, 2.75) is 24.9 Å². The predicted molar refractivity (Wildman–Crippen MR) is 99.5 cm³/mol. The molecule has 0 saturated heterocycles. The van der Waals surface area contributed by atoms with Crippen LogP contribution in [0.15, 0.2) is 0 Å². The molecule has 11 heteroatoms. The van der Waals surface area contributed by atoms with Gasteiger partial charge in [0.2, 0.25) is 17.7 Å². The van der Waals surface area contributed by atoms with E-state index in [0.717, 1.165) is 6.54 Å². The molecule has 0 bridgehead atoms. The third kappa shape index (κ3) is 11.7. The number of hydrogen-bond donors (Lipinski definition) is 6. The lowest BCUT2D eigenvalue weighted by Gasteiger charge is -2.23. The number of rotatable bonds is 12. The minimum absolute atomic E-state index is 0.0334. The molecule has 2 atom stereocenters. The van der Waals surface area contributed by atoms with E-state index in [0.29, 0.717) is 11.0 Å². The zero-order chi connectivity index (χ0) is 20.3. The summed E-state index contributed by atoms with van der Waals surface area (Å²) in [6, 6.07) is -2.06. The average Bonchev–Trinajstić information content (AvgIpc) is 2.53. The van der Waals surface area contributed by atoms with Crippen molar-refractivity contribution in [3.05, 3.63) is 0 Å². The van der Waals surface area contributed by atoms with E-state index in [2.05, 4.69) is 28.6 Å². The number of nitrogens with zero attached hydrogens (tertiary/aromatic N) is 1. The van der Waals surface area contributed by atoms with E-state index in [1.807, 2.05) is 21.1 Å². The number of nitrogens with two attached hydrogens (primary N) is 1. The van der Waals surface area contributed by atoms with Gasteiger partial charge in [0, 0.05) is 12.2 Å². The zero-order valence-corrected chi connectivity index (χ0v) is 16.3. The van der Waals surface area contributed by atoms with Crippen LogP contribution in [0.2, 0.25) is 0 Å². The van der Waals surface area contributed by atoms with Gasteiger partial charge in [0.05, 0.1) is 40.8 Å². The van der Waals surface area contributed by atoms with Crippen molar-refractivity contribution in [2.24, 2.45) is 5.73 Å². The van der Waals surface area contributed by atoms with Crippen LogP contribution in [0.3, 0.4) is 0 Å². The van der Waals surface area contributed by atoms with Crippen molar-refractivity contribution in [1.82, 2.24) is 16.0 Å². The van der Waals surface area contributed by atoms with Crippen LogP contribution in [0.1, 0.15) is 12.8 Å². The summed E-state index contributed by atoms with van der Waals surface area (Å²) in [6.45, 7) is 1.02. The van der Waals surface area contributed by atoms with Gasteiger partial charge in [-0.3, -0.25) is 19.2 Å². The SMILES string of the molecule is C[N+](C)(C)CCNC(=O)CNC(=O)[C@H](CS)NC(=O)CC[C@H](N)C(=O)O. The molecule has 0 aromatic rings. The number of hydrogen-bond acceptors (Lipinski definition) is 6. The van der Waals surface area contributed by atoms with E-state index in [9.17, 15) is 19.2 Å². The number of likely N-dealkylation sites (N-methyl/N-ethyl adjacent to an activating group) is 1. The second-order valence-corrected chi connectivity index (χ2v) is 7.23. The maximum Gasteiger partial charge on any atom is 0.320 e. The smallest absolute Gasteiger partial charge is 0.320 e. The number of nitrogens with one attached hydrogen (secondary N) is 3. The normalized spacial score (nSPS) is 13.4. The van der Waals surface area contributed by atoms with Crippen molar-refractivity contribution in [3.8, 4) is 0 Å². The van der Waals surface area contributed by atoms with Crippen LogP contribution in [0.25, 0.3) is 0 Å². The van der Waals surface area contributed by atoms with Crippen LogP contribution in [-0.2, 0) is 19.2 Å². The van der Waals surface area contributed by atoms with E-state index >= 15 is 0 Å². The van der Waals surface area contributed by atoms with Crippen LogP contribution in [0.5, 0.6) is 0 Å². The molecule has 0 aliphatic carbocycles. The molecule has 0 spiro atoms. The Morgan fingerprint density at radius 3 is 2.23 bits per heavy atom. The van der Waals surface area contributed by atoms with Crippen LogP contribution >= 0.6 is 12.6 Å². The van der Waals surface area contributed by atoms with E-state index < -0.39 is 29.9 Å². The Labute approximate surface area is 158 Å². The molecule has 0 fully saturated rings. The molecular weight excluding hydrogens is 362 g/mol. The first-order chi connectivity index (χ1) is 12.0. The van der Waals surface area contributed by atoms with Gasteiger partial charge >= 0.3 is 5.97 Å². The number of carboxylic acids is 1. The Morgan fingerprint density at radius 2 is 1.73 bits per heavy atom. The first-order valence-corrected chi connectivity index (χ1v) is 8.83. The van der Waals surface area contributed by atoms with Crippen molar-refractivity contribution < 1.29 is 28.8 Å². The largest absolute Gasteiger partial charge is 0.480 e. The Balaban J connectivity index is 4.21. The van der Waals surface area contributed by atoms with Gasteiger partial charge in [0.25, 0.3) is 0 Å². The summed E-state index contributed by atoms with van der Waals surface area (Å²) in [4.78, 5) is 46.1. The molecule has 10 nitrogen and oxygen atoms in total. The molecule has 0 unspecified atom stereocenters. The number of thiol groups is 1. The number of carboxylic acid groups (broad SMARTS) is 1. The highest BCUT2D eigenvalue weighted by Gasteiger charge is 2.21. The van der Waals surface area contributed by atoms with Gasteiger partial charge < -0.3 is 31.3 Å². The van der Waals surface area contributed by atoms with Gasteiger partial charge in [0.15, 0.2) is 0 Å². The molecule has 0 rings (SSSR count). The quantitative estimate of drug-likeness (QED) is 0.160. The van der Waals surface area contributed by atoms with E-state index in [1.165, 1.54) is 0 Å². The minimum atomic E-state index is -1.20. The summed E-state index contributed by atoms with van der Waals surface area (Å²) in [7, 11) is 5.99. The Hall–Kier alpha value is -1.85. The lowest BCUT2D eigenvalue weighted by molar-refractivity contribution is -0.869. The third-order valence-corrected chi connectivity index (χ3v) is 3.73. The molecule has 0 aliphatic heterocycles. The van der Waals surface area contributed by atoms with Gasteiger partial charge in [-0.2, -0.15) is 12.6 Å². The molecule has 3 amide bonds. The number of quaternary nitrogens is 1. The van der Waals surface area contributed by atoms with E-state index in [-0.39, 0.29) is 31.0 Å². The van der Waals surface area contributed by atoms with Gasteiger partial charge in [0.1, 0.15) is 12.1 Å². The monoisotopic (exact) mass is 392 g/mol. The molecule has 150 valence electrons. The van der Waals surface area contributed by atoms with Crippen molar-refractivity contribution >= 4 is 36.3 Å². The lowest BCUT2D eigenvalue weighted by Crippen LogP contribution is -2.50. The molecule has 6 N–H and O–H groups in total. The standard InChI is InChI=1S/C15H29N5O5S/c1-20(2,3)7-6-17-13(22)8-18-14(23)11(9-26)19-12(21)5-4-10(16)15(24)25/h10-11H,4-9,16H2,1-3H3,(H4-,17,18,19,21,22,23,24,25,26)/p+1/t10-,11-/m0/s1. The summed E-state index contributed by atoms with van der Waals surface area (Å²) >= 11 is 4.01. The molecule has 0 aliphatic rings. The van der Waals surface area contributed by atoms with Gasteiger partial charge in [-0.15, -0.1) is 0 Å². The third-order valence-electron chi connectivity index (χ3n) is 3.36. The number of carbonyl (C=O) groups is 4. The lowest BCUT2D eigenvalue weighted by atomic mass is 10.1. The summed E-state index contributed by atoms with van der Waals surface area (Å²) < 4.78 is 0.700. The Bertz CT molecular complexity index is 509. The average molecular weight is 393 g/mol. The Kier molecular flexibility index (Phi) is 10.9. The zero-order valence-electron chi connectivity index (χ0n) is 15.4. The van der Waals surface area contributed by atoms with E-state index in [1.54, 1.807) is 0 Å². The molecule has 0 aromatic heterocycles. The van der Waals surface area contributed by atoms with Crippen molar-refractivity contribution in [2.75, 3.05) is 46.5 Å². The fraction of sp³-hybridized carbons (Fsp3) is 0.733. The Morgan fingerprint density at radius 1 is 1.12 bits per heavy atom. The maximum absolute atomic E-state index is 12.0. The fourth-order valence-electron chi connectivity index (χ4n) is 1.75. The first kappa shape index (κ1) is 24.1. The second-order valence-electron chi connectivity index (χ2n) is 6.87. The second kappa shape index (κ2) is 11.7. The van der Waals surface area contributed by atoms with Gasteiger partial charge in [-0.05, 0) is 6.42 Å². The molecular formula is C15H30N5O5S+. The first-order valence-electron chi connectivity index (χ1n) is 8.19. The highest BCUT2D eigenvalue weighted by atomic mass is 32.1. The van der Waals surface area contributed by atoms with Crippen LogP contribution in [0.4, 0.5) is 0 Å². The molecule has 26 heavy (non-hydrogen) atoms. The molecule has 0 heterocycles. The molecule has 0 aromatic carbocycles. The molecule has 0 saturated carbocycles. The van der Waals surface area contributed by atoms with Crippen LogP contribution in [-0.4, -0.2) is 91.9 Å². The van der Waals surface area contributed by atoms with Crippen molar-refractivity contribution in [3.63, 3.8) is 0 Å². The summed E-state index contributed by atoms with van der Waals surface area (Å²) in [5, 5.41) is 16.2. The highest BCUT2D eigenvalue weighted by Crippen LogP contribution is 1.97. The number of amides is 3. The summed E-state index contributed by atoms with van der Waals surface area (Å²) in [6.07, 6.45) is -0.173. The van der Waals surface area contributed by atoms with Crippen LogP contribution < -0.4 is 21.7 Å². The van der Waals surface area contributed by atoms with Crippen LogP contribution in [0, 0.1) is 0 Å². The topological polar surface area (TPSA) is 151 Å². The highest BCUT2D eigenvalue weighted by molar-refractivity contribution is 7.80. The fourth-order valence-corrected chi connectivity index (χ4v) is 2.01. The predicted octanol–water partition coefficient (Wildman–Crippen LogP) is -2.47. The summed E-state index contributed by atoms with van der Waals surface area (Å²) in [5.41, 5.74) is 5.32. The van der Waals surface area contributed by atoms with Crippen molar-refractivity contribution in [1.29, 1.82) is 0 Å². The number of aliphatic carboxylic acids is 1. The minimum Gasteiger partial charge on any atom is -0.480 e. The van der Waals surface area contributed by atoms with Gasteiger partial charge in [-0.1, -0.05) is 0 Å². The molecule has 0 radical (unpaired) electrons. The summed E-state index contributed by atoms with van der Waals surface area (Å²) in [5.74, 6) is -2.55. The van der Waals surface area contributed by atoms with Gasteiger partial charge in [-0.25, -0.2) is 0 Å². The number of carbonyl (C=O) groups excluding carboxylic acids is 3. The van der Waals surface area contributed by atoms with E-state index in [4.69, 9.17) is 10.8 Å². The maximum atomic E-state index is 12.0.